The SMILES string of the molecule is CCOC(=O)CCNC(=O)c1ccc(C(=O)N(N)c2ccccc2)nc1. The number of nitrogens with two attached hydrogens (primary N) is 1. The molecule has 8 heteroatoms. The number of ether oxygens (including phenoxy) is 1. The van der Waals surface area contributed by atoms with Crippen molar-refractivity contribution >= 4 is 23.5 Å². The van der Waals surface area contributed by atoms with E-state index in [1.54, 1.807) is 31.2 Å². The molecule has 0 unspecified atom stereocenters. The molecule has 0 aliphatic heterocycles. The number of benzene rings is 1. The summed E-state index contributed by atoms with van der Waals surface area (Å²) >= 11 is 0. The van der Waals surface area contributed by atoms with Crippen molar-refractivity contribution in [3.05, 3.63) is 59.9 Å². The van der Waals surface area contributed by atoms with E-state index in [0.29, 0.717) is 12.3 Å². The molecule has 2 rings (SSSR count). The number of carbonyl (C=O) groups excluding carboxylic acids is 3. The maximum absolute atomic E-state index is 12.3. The Labute approximate surface area is 150 Å². The van der Waals surface area contributed by atoms with E-state index in [2.05, 4.69) is 10.3 Å². The predicted octanol–water partition coefficient (Wildman–Crippen LogP) is 1.29. The second-order valence-corrected chi connectivity index (χ2v) is 5.25. The average molecular weight is 356 g/mol. The van der Waals surface area contributed by atoms with E-state index >= 15 is 0 Å². The lowest BCUT2D eigenvalue weighted by Gasteiger charge is -2.16. The van der Waals surface area contributed by atoms with E-state index in [1.807, 2.05) is 6.07 Å². The zero-order chi connectivity index (χ0) is 18.9. The third-order valence-electron chi connectivity index (χ3n) is 3.42. The molecule has 0 bridgehead atoms. The first kappa shape index (κ1) is 19.1. The molecule has 1 aromatic carbocycles. The van der Waals surface area contributed by atoms with Gasteiger partial charge in [-0.05, 0) is 31.2 Å². The minimum atomic E-state index is -0.495. The monoisotopic (exact) mass is 356 g/mol. The van der Waals surface area contributed by atoms with Gasteiger partial charge in [0.25, 0.3) is 11.8 Å². The third-order valence-corrected chi connectivity index (χ3v) is 3.42. The van der Waals surface area contributed by atoms with Gasteiger partial charge in [0, 0.05) is 12.7 Å². The molecule has 0 saturated heterocycles. The number of rotatable bonds is 7. The number of para-hydroxylation sites is 1. The molecule has 2 aromatic rings. The summed E-state index contributed by atoms with van der Waals surface area (Å²) in [5.74, 6) is 4.54. The lowest BCUT2D eigenvalue weighted by molar-refractivity contribution is -0.142. The molecule has 0 saturated carbocycles. The van der Waals surface area contributed by atoms with E-state index in [4.69, 9.17) is 10.6 Å². The van der Waals surface area contributed by atoms with Crippen LogP contribution < -0.4 is 16.2 Å². The Balaban J connectivity index is 1.94. The quantitative estimate of drug-likeness (QED) is 0.334. The Kier molecular flexibility index (Phi) is 6.81. The Morgan fingerprint density at radius 3 is 2.50 bits per heavy atom. The van der Waals surface area contributed by atoms with Gasteiger partial charge < -0.3 is 10.1 Å². The number of hydrogen-bond acceptors (Lipinski definition) is 6. The smallest absolute Gasteiger partial charge is 0.307 e. The van der Waals surface area contributed by atoms with Crippen LogP contribution in [0.15, 0.2) is 48.7 Å². The molecule has 1 aromatic heterocycles. The van der Waals surface area contributed by atoms with Crippen LogP contribution in [0.4, 0.5) is 5.69 Å². The highest BCUT2D eigenvalue weighted by atomic mass is 16.5. The van der Waals surface area contributed by atoms with E-state index < -0.39 is 11.8 Å². The van der Waals surface area contributed by atoms with Crippen LogP contribution in [0, 0.1) is 0 Å². The van der Waals surface area contributed by atoms with Crippen LogP contribution in [-0.4, -0.2) is 35.9 Å². The molecule has 1 heterocycles. The summed E-state index contributed by atoms with van der Waals surface area (Å²) in [7, 11) is 0. The number of aromatic nitrogens is 1. The number of carbonyl (C=O) groups is 3. The van der Waals surface area contributed by atoms with Gasteiger partial charge in [-0.1, -0.05) is 18.2 Å². The summed E-state index contributed by atoms with van der Waals surface area (Å²) < 4.78 is 4.77. The Morgan fingerprint density at radius 2 is 1.88 bits per heavy atom. The minimum Gasteiger partial charge on any atom is -0.466 e. The zero-order valence-corrected chi connectivity index (χ0v) is 14.3. The predicted molar refractivity (Wildman–Crippen MR) is 95.3 cm³/mol. The van der Waals surface area contributed by atoms with Crippen molar-refractivity contribution in [2.24, 2.45) is 5.84 Å². The molecule has 0 atom stereocenters. The summed E-state index contributed by atoms with van der Waals surface area (Å²) in [6.45, 7) is 2.17. The van der Waals surface area contributed by atoms with Crippen molar-refractivity contribution in [2.75, 3.05) is 18.2 Å². The fourth-order valence-corrected chi connectivity index (χ4v) is 2.10. The van der Waals surface area contributed by atoms with Crippen molar-refractivity contribution in [1.29, 1.82) is 0 Å². The van der Waals surface area contributed by atoms with E-state index in [9.17, 15) is 14.4 Å². The molecule has 3 N–H and O–H groups in total. The largest absolute Gasteiger partial charge is 0.466 e. The number of anilines is 1. The topological polar surface area (TPSA) is 115 Å². The van der Waals surface area contributed by atoms with Crippen molar-refractivity contribution in [3.8, 4) is 0 Å². The van der Waals surface area contributed by atoms with Crippen LogP contribution >= 0.6 is 0 Å². The molecule has 26 heavy (non-hydrogen) atoms. The third kappa shape index (κ3) is 5.12. The van der Waals surface area contributed by atoms with Gasteiger partial charge >= 0.3 is 5.97 Å². The molecule has 0 aliphatic rings. The van der Waals surface area contributed by atoms with E-state index in [1.165, 1.54) is 18.3 Å². The average Bonchev–Trinajstić information content (AvgIpc) is 2.67. The molecular weight excluding hydrogens is 336 g/mol. The van der Waals surface area contributed by atoms with Gasteiger partial charge in [-0.3, -0.25) is 19.4 Å². The van der Waals surface area contributed by atoms with Gasteiger partial charge in [-0.25, -0.2) is 10.9 Å². The fraction of sp³-hybridized carbons (Fsp3) is 0.222. The molecule has 0 fully saturated rings. The van der Waals surface area contributed by atoms with Gasteiger partial charge in [-0.2, -0.15) is 0 Å². The van der Waals surface area contributed by atoms with Crippen LogP contribution in [0.2, 0.25) is 0 Å². The second kappa shape index (κ2) is 9.28. The van der Waals surface area contributed by atoms with Crippen LogP contribution in [0.5, 0.6) is 0 Å². The highest BCUT2D eigenvalue weighted by Crippen LogP contribution is 2.12. The van der Waals surface area contributed by atoms with Crippen LogP contribution in [-0.2, 0) is 9.53 Å². The van der Waals surface area contributed by atoms with E-state index in [-0.39, 0.29) is 30.2 Å². The number of nitrogens with one attached hydrogen (secondary N) is 1. The van der Waals surface area contributed by atoms with Gasteiger partial charge in [0.1, 0.15) is 5.69 Å². The lowest BCUT2D eigenvalue weighted by Crippen LogP contribution is -2.38. The Morgan fingerprint density at radius 1 is 1.15 bits per heavy atom. The molecule has 0 radical (unpaired) electrons. The van der Waals surface area contributed by atoms with Gasteiger partial charge in [0.05, 0.1) is 24.3 Å². The standard InChI is InChI=1S/C18H20N4O4/c1-2-26-16(23)10-11-20-17(24)13-8-9-15(21-12-13)18(25)22(19)14-6-4-3-5-7-14/h3-9,12H,2,10-11,19H2,1H3,(H,20,24). The summed E-state index contributed by atoms with van der Waals surface area (Å²) in [6, 6.07) is 11.6. The van der Waals surface area contributed by atoms with Gasteiger partial charge in [-0.15, -0.1) is 0 Å². The number of hydrogen-bond donors (Lipinski definition) is 2. The van der Waals surface area contributed by atoms with Crippen LogP contribution in [0.25, 0.3) is 0 Å². The number of nitrogens with zero attached hydrogens (tertiary/aromatic N) is 2. The Hall–Kier alpha value is -3.26. The summed E-state index contributed by atoms with van der Waals surface area (Å²) in [6.07, 6.45) is 1.37. The maximum Gasteiger partial charge on any atom is 0.307 e. The number of pyridine rings is 1. The summed E-state index contributed by atoms with van der Waals surface area (Å²) in [5, 5.41) is 3.57. The maximum atomic E-state index is 12.3. The lowest BCUT2D eigenvalue weighted by atomic mass is 10.2. The van der Waals surface area contributed by atoms with Gasteiger partial charge in [0.15, 0.2) is 0 Å². The normalized spacial score (nSPS) is 10.1. The molecule has 0 aliphatic carbocycles. The number of amides is 2. The minimum absolute atomic E-state index is 0.0861. The van der Waals surface area contributed by atoms with Crippen LogP contribution in [0.1, 0.15) is 34.2 Å². The zero-order valence-electron chi connectivity index (χ0n) is 14.3. The number of esters is 1. The molecular formula is C18H20N4O4. The highest BCUT2D eigenvalue weighted by Gasteiger charge is 2.16. The first-order chi connectivity index (χ1) is 12.5. The van der Waals surface area contributed by atoms with E-state index in [0.717, 1.165) is 5.01 Å². The fourth-order valence-electron chi connectivity index (χ4n) is 2.10. The molecule has 2 amide bonds. The summed E-state index contributed by atoms with van der Waals surface area (Å²) in [4.78, 5) is 39.5. The van der Waals surface area contributed by atoms with Crippen molar-refractivity contribution in [1.82, 2.24) is 10.3 Å². The number of hydrazine groups is 1. The van der Waals surface area contributed by atoms with Crippen molar-refractivity contribution in [2.45, 2.75) is 13.3 Å². The Bertz CT molecular complexity index is 763. The van der Waals surface area contributed by atoms with Crippen molar-refractivity contribution in [3.63, 3.8) is 0 Å². The first-order valence-corrected chi connectivity index (χ1v) is 8.07. The molecule has 136 valence electrons. The summed E-state index contributed by atoms with van der Waals surface area (Å²) in [5.41, 5.74) is 0.910. The van der Waals surface area contributed by atoms with Crippen LogP contribution in [0.3, 0.4) is 0 Å². The second-order valence-electron chi connectivity index (χ2n) is 5.25. The van der Waals surface area contributed by atoms with Gasteiger partial charge in [0.2, 0.25) is 0 Å². The molecule has 0 spiro atoms. The first-order valence-electron chi connectivity index (χ1n) is 8.07. The highest BCUT2D eigenvalue weighted by molar-refractivity contribution is 6.04. The van der Waals surface area contributed by atoms with Crippen molar-refractivity contribution < 1.29 is 19.1 Å². The molecule has 8 nitrogen and oxygen atoms in total.